The highest BCUT2D eigenvalue weighted by atomic mass is 16.5. The van der Waals surface area contributed by atoms with Gasteiger partial charge < -0.3 is 19.9 Å². The fourth-order valence-corrected chi connectivity index (χ4v) is 2.30. The summed E-state index contributed by atoms with van der Waals surface area (Å²) in [5, 5.41) is 13.2. The molecule has 0 aliphatic carbocycles. The van der Waals surface area contributed by atoms with Crippen molar-refractivity contribution in [2.24, 2.45) is 5.92 Å². The van der Waals surface area contributed by atoms with Gasteiger partial charge in [0.1, 0.15) is 6.04 Å². The number of β-amino-alcohol motifs (C(OH)–C–C–N with tert-alkyl or cyclic N) is 1. The molecule has 0 aromatic heterocycles. The van der Waals surface area contributed by atoms with Crippen molar-refractivity contribution in [3.63, 3.8) is 0 Å². The maximum absolute atomic E-state index is 11.7. The first kappa shape index (κ1) is 17.4. The quantitative estimate of drug-likeness (QED) is 0.606. The van der Waals surface area contributed by atoms with Crippen LogP contribution in [0.25, 0.3) is 0 Å². The molecule has 6 nitrogen and oxygen atoms in total. The van der Waals surface area contributed by atoms with Crippen molar-refractivity contribution in [2.75, 3.05) is 46.5 Å². The highest BCUT2D eigenvalue weighted by Gasteiger charge is 2.22. The van der Waals surface area contributed by atoms with Gasteiger partial charge in [-0.1, -0.05) is 13.8 Å². The fraction of sp³-hybridized carbons (Fsp3) is 0.929. The lowest BCUT2D eigenvalue weighted by atomic mass is 10.0. The third-order valence-electron chi connectivity index (χ3n) is 3.37. The molecule has 118 valence electrons. The van der Waals surface area contributed by atoms with Gasteiger partial charge >= 0.3 is 5.97 Å². The first-order chi connectivity index (χ1) is 9.52. The number of carbonyl (C=O) groups excluding carboxylic acids is 1. The molecule has 2 unspecified atom stereocenters. The molecule has 0 aromatic carbocycles. The predicted molar refractivity (Wildman–Crippen MR) is 76.5 cm³/mol. The van der Waals surface area contributed by atoms with Gasteiger partial charge in [0.25, 0.3) is 0 Å². The van der Waals surface area contributed by atoms with Crippen molar-refractivity contribution in [1.29, 1.82) is 0 Å². The Morgan fingerprint density at radius 2 is 2.05 bits per heavy atom. The smallest absolute Gasteiger partial charge is 0.322 e. The van der Waals surface area contributed by atoms with Crippen LogP contribution >= 0.6 is 0 Å². The molecule has 20 heavy (non-hydrogen) atoms. The van der Waals surface area contributed by atoms with Crippen LogP contribution in [0.4, 0.5) is 0 Å². The third-order valence-corrected chi connectivity index (χ3v) is 3.37. The number of nitrogens with one attached hydrogen (secondary N) is 1. The molecule has 0 spiro atoms. The summed E-state index contributed by atoms with van der Waals surface area (Å²) >= 11 is 0. The van der Waals surface area contributed by atoms with E-state index < -0.39 is 6.10 Å². The summed E-state index contributed by atoms with van der Waals surface area (Å²) in [6.07, 6.45) is 0.212. The molecule has 0 radical (unpaired) electrons. The molecule has 2 atom stereocenters. The number of hydrogen-bond donors (Lipinski definition) is 2. The zero-order valence-electron chi connectivity index (χ0n) is 12.8. The van der Waals surface area contributed by atoms with Gasteiger partial charge in [0.2, 0.25) is 0 Å². The number of rotatable bonds is 8. The molecule has 0 aromatic rings. The van der Waals surface area contributed by atoms with Crippen molar-refractivity contribution >= 4 is 5.97 Å². The second kappa shape index (κ2) is 9.28. The molecule has 1 aliphatic rings. The number of carbonyl (C=O) groups is 1. The van der Waals surface area contributed by atoms with Crippen LogP contribution in [-0.4, -0.2) is 74.6 Å². The Morgan fingerprint density at radius 1 is 1.40 bits per heavy atom. The van der Waals surface area contributed by atoms with Gasteiger partial charge in [0.15, 0.2) is 0 Å². The summed E-state index contributed by atoms with van der Waals surface area (Å²) in [6, 6.07) is -0.348. The van der Waals surface area contributed by atoms with E-state index in [1.807, 2.05) is 0 Å². The van der Waals surface area contributed by atoms with Gasteiger partial charge in [-0.15, -0.1) is 0 Å². The highest BCUT2D eigenvalue weighted by Crippen LogP contribution is 2.06. The minimum Gasteiger partial charge on any atom is -0.468 e. The summed E-state index contributed by atoms with van der Waals surface area (Å²) in [6.45, 7) is 8.25. The second-order valence-electron chi connectivity index (χ2n) is 5.68. The minimum atomic E-state index is -0.493. The van der Waals surface area contributed by atoms with Crippen molar-refractivity contribution in [3.8, 4) is 0 Å². The van der Waals surface area contributed by atoms with Crippen LogP contribution in [0.3, 0.4) is 0 Å². The Hall–Kier alpha value is -0.690. The third kappa shape index (κ3) is 6.65. The van der Waals surface area contributed by atoms with Crippen LogP contribution in [0.2, 0.25) is 0 Å². The van der Waals surface area contributed by atoms with E-state index in [0.717, 1.165) is 26.3 Å². The van der Waals surface area contributed by atoms with Crippen molar-refractivity contribution in [3.05, 3.63) is 0 Å². The largest absolute Gasteiger partial charge is 0.468 e. The minimum absolute atomic E-state index is 0.266. The molecule has 0 bridgehead atoms. The van der Waals surface area contributed by atoms with Crippen molar-refractivity contribution in [1.82, 2.24) is 10.2 Å². The SMILES string of the molecule is COC(=O)C(CC(C)C)NCC(O)CN1CCOCC1. The summed E-state index contributed by atoms with van der Waals surface area (Å²) in [7, 11) is 1.39. The molecule has 6 heteroatoms. The Kier molecular flexibility index (Phi) is 8.06. The average molecular weight is 288 g/mol. The van der Waals surface area contributed by atoms with Crippen molar-refractivity contribution < 1.29 is 19.4 Å². The number of morpholine rings is 1. The zero-order valence-corrected chi connectivity index (χ0v) is 12.8. The van der Waals surface area contributed by atoms with Gasteiger partial charge in [0.05, 0.1) is 26.4 Å². The molecule has 1 saturated heterocycles. The molecule has 1 aliphatic heterocycles. The van der Waals surface area contributed by atoms with E-state index in [-0.39, 0.29) is 12.0 Å². The van der Waals surface area contributed by atoms with Gasteiger partial charge in [0, 0.05) is 26.2 Å². The monoisotopic (exact) mass is 288 g/mol. The number of ether oxygens (including phenoxy) is 2. The molecular weight excluding hydrogens is 260 g/mol. The maximum atomic E-state index is 11.7. The summed E-state index contributed by atoms with van der Waals surface area (Å²) in [5.74, 6) is 0.125. The second-order valence-corrected chi connectivity index (χ2v) is 5.68. The predicted octanol–water partition coefficient (Wildman–Crippen LogP) is -0.143. The van der Waals surface area contributed by atoms with E-state index >= 15 is 0 Å². The first-order valence-electron chi connectivity index (χ1n) is 7.32. The van der Waals surface area contributed by atoms with Crippen LogP contribution < -0.4 is 5.32 Å². The Bertz CT molecular complexity index is 280. The van der Waals surface area contributed by atoms with Crippen LogP contribution in [0.15, 0.2) is 0 Å². The van der Waals surface area contributed by atoms with Gasteiger partial charge in [-0.25, -0.2) is 0 Å². The standard InChI is InChI=1S/C14H28N2O4/c1-11(2)8-13(14(18)19-3)15-9-12(17)10-16-4-6-20-7-5-16/h11-13,15,17H,4-10H2,1-3H3. The molecule has 1 rings (SSSR count). The number of methoxy groups -OCH3 is 1. The fourth-order valence-electron chi connectivity index (χ4n) is 2.30. The van der Waals surface area contributed by atoms with E-state index in [9.17, 15) is 9.90 Å². The molecule has 2 N–H and O–H groups in total. The number of nitrogens with zero attached hydrogens (tertiary/aromatic N) is 1. The van der Waals surface area contributed by atoms with Gasteiger partial charge in [-0.3, -0.25) is 9.69 Å². The Balaban J connectivity index is 2.31. The number of hydrogen-bond acceptors (Lipinski definition) is 6. The average Bonchev–Trinajstić information content (AvgIpc) is 2.43. The van der Waals surface area contributed by atoms with Crippen LogP contribution in [0.5, 0.6) is 0 Å². The lowest BCUT2D eigenvalue weighted by Crippen LogP contribution is -2.47. The highest BCUT2D eigenvalue weighted by molar-refractivity contribution is 5.75. The van der Waals surface area contributed by atoms with E-state index in [2.05, 4.69) is 24.1 Å². The van der Waals surface area contributed by atoms with Gasteiger partial charge in [-0.2, -0.15) is 0 Å². The Morgan fingerprint density at radius 3 is 2.60 bits per heavy atom. The van der Waals surface area contributed by atoms with E-state index in [1.165, 1.54) is 7.11 Å². The van der Waals surface area contributed by atoms with Gasteiger partial charge in [-0.05, 0) is 12.3 Å². The number of aliphatic hydroxyl groups is 1. The Labute approximate surface area is 121 Å². The molecule has 0 saturated carbocycles. The summed E-state index contributed by atoms with van der Waals surface area (Å²) < 4.78 is 10.1. The summed E-state index contributed by atoms with van der Waals surface area (Å²) in [5.41, 5.74) is 0. The zero-order chi connectivity index (χ0) is 15.0. The van der Waals surface area contributed by atoms with E-state index in [0.29, 0.717) is 25.4 Å². The molecule has 1 heterocycles. The van der Waals surface area contributed by atoms with Crippen LogP contribution in [0, 0.1) is 5.92 Å². The lowest BCUT2D eigenvalue weighted by Gasteiger charge is -2.29. The number of esters is 1. The van der Waals surface area contributed by atoms with Crippen molar-refractivity contribution in [2.45, 2.75) is 32.4 Å². The molecule has 0 amide bonds. The maximum Gasteiger partial charge on any atom is 0.322 e. The van der Waals surface area contributed by atoms with Crippen LogP contribution in [-0.2, 0) is 14.3 Å². The first-order valence-corrected chi connectivity index (χ1v) is 7.32. The summed E-state index contributed by atoms with van der Waals surface area (Å²) in [4.78, 5) is 13.8. The molecular formula is C14H28N2O4. The topological polar surface area (TPSA) is 71.0 Å². The van der Waals surface area contributed by atoms with Crippen LogP contribution in [0.1, 0.15) is 20.3 Å². The lowest BCUT2D eigenvalue weighted by molar-refractivity contribution is -0.143. The van der Waals surface area contributed by atoms with E-state index in [4.69, 9.17) is 9.47 Å². The normalized spacial score (nSPS) is 19.9. The van der Waals surface area contributed by atoms with E-state index in [1.54, 1.807) is 0 Å². The number of aliphatic hydroxyl groups excluding tert-OH is 1. The molecule has 1 fully saturated rings.